The first-order valence-corrected chi connectivity index (χ1v) is 10.2. The van der Waals surface area contributed by atoms with E-state index >= 15 is 0 Å². The van der Waals surface area contributed by atoms with Crippen molar-refractivity contribution in [1.82, 2.24) is 25.0 Å². The van der Waals surface area contributed by atoms with Crippen LogP contribution in [0.2, 0.25) is 0 Å². The summed E-state index contributed by atoms with van der Waals surface area (Å²) in [5.41, 5.74) is 13.2. The maximum absolute atomic E-state index is 5.88. The highest BCUT2D eigenvalue weighted by Crippen LogP contribution is 2.39. The number of hydrazone groups is 1. The predicted octanol–water partition coefficient (Wildman–Crippen LogP) is 2.04. The molecule has 1 aromatic carbocycles. The first-order valence-electron chi connectivity index (χ1n) is 10.2. The summed E-state index contributed by atoms with van der Waals surface area (Å²) in [6, 6.07) is 12.7. The molecule has 156 valence electrons. The fraction of sp³-hybridized carbons (Fsp3) is 0.318. The molecule has 0 spiro atoms. The number of pyridine rings is 1. The van der Waals surface area contributed by atoms with E-state index in [0.29, 0.717) is 5.84 Å². The lowest BCUT2D eigenvalue weighted by Gasteiger charge is -2.17. The lowest BCUT2D eigenvalue weighted by molar-refractivity contribution is 0.311. The van der Waals surface area contributed by atoms with Crippen molar-refractivity contribution in [3.05, 3.63) is 71.8 Å². The van der Waals surface area contributed by atoms with Gasteiger partial charge in [-0.05, 0) is 49.1 Å². The molecule has 1 aliphatic carbocycles. The van der Waals surface area contributed by atoms with Gasteiger partial charge in [-0.3, -0.25) is 4.98 Å². The number of rotatable bonds is 9. The van der Waals surface area contributed by atoms with Crippen molar-refractivity contribution in [2.45, 2.75) is 31.8 Å². The Bertz CT molecular complexity index is 1000. The van der Waals surface area contributed by atoms with Gasteiger partial charge in [0.15, 0.2) is 5.84 Å². The number of hydrogen-bond acceptors (Lipinski definition) is 6. The largest absolute Gasteiger partial charge is 0.382 e. The highest BCUT2D eigenvalue weighted by atomic mass is 15.5. The number of likely N-dealkylation sites (N-methyl/N-ethyl adjacent to an activating group) is 1. The van der Waals surface area contributed by atoms with Gasteiger partial charge in [-0.25, -0.2) is 16.4 Å². The number of nitrogens with zero attached hydrogens (tertiary/aromatic N) is 5. The zero-order valence-corrected chi connectivity index (χ0v) is 17.2. The topological polar surface area (TPSA) is 110 Å². The first kappa shape index (κ1) is 20.1. The second-order valence-corrected chi connectivity index (χ2v) is 7.81. The molecule has 1 aliphatic rings. The standard InChI is InChI=1S/C22H28N8/c1-29(13-16-2-4-17(5-3-16)18-6-7-18)10-11-30-14-21(26-15-30)20-12-19(8-9-25-20)22(23)27-28-24/h2-5,8-9,12,14-15,18,28H,6-7,10-11,13,24H2,1H3,(H2,23,27). The molecule has 2 heterocycles. The van der Waals surface area contributed by atoms with Gasteiger partial charge in [-0.2, -0.15) is 0 Å². The van der Waals surface area contributed by atoms with E-state index in [0.717, 1.165) is 42.5 Å². The molecule has 4 rings (SSSR count). The van der Waals surface area contributed by atoms with Crippen LogP contribution in [0.5, 0.6) is 0 Å². The van der Waals surface area contributed by atoms with E-state index in [4.69, 9.17) is 11.6 Å². The molecular formula is C22H28N8. The highest BCUT2D eigenvalue weighted by Gasteiger charge is 2.22. The molecule has 5 N–H and O–H groups in total. The molecular weight excluding hydrogens is 376 g/mol. The maximum atomic E-state index is 5.88. The molecule has 3 aromatic rings. The average Bonchev–Trinajstić information content (AvgIpc) is 3.50. The number of hydrazine groups is 1. The zero-order chi connectivity index (χ0) is 20.9. The fourth-order valence-corrected chi connectivity index (χ4v) is 3.47. The van der Waals surface area contributed by atoms with Crippen LogP contribution < -0.4 is 17.1 Å². The number of imidazole rings is 1. The number of nitrogens with one attached hydrogen (secondary N) is 1. The van der Waals surface area contributed by atoms with Gasteiger partial charge in [0, 0.05) is 37.6 Å². The van der Waals surface area contributed by atoms with Crippen LogP contribution in [0.3, 0.4) is 0 Å². The van der Waals surface area contributed by atoms with Crippen LogP contribution in [0, 0.1) is 0 Å². The smallest absolute Gasteiger partial charge is 0.152 e. The molecule has 8 nitrogen and oxygen atoms in total. The van der Waals surface area contributed by atoms with E-state index in [1.807, 2.05) is 18.6 Å². The van der Waals surface area contributed by atoms with E-state index in [9.17, 15) is 0 Å². The Hall–Kier alpha value is -3.23. The molecule has 0 saturated heterocycles. The molecule has 0 aliphatic heterocycles. The van der Waals surface area contributed by atoms with Crippen LogP contribution in [0.25, 0.3) is 11.4 Å². The summed E-state index contributed by atoms with van der Waals surface area (Å²) >= 11 is 0. The minimum Gasteiger partial charge on any atom is -0.382 e. The van der Waals surface area contributed by atoms with Gasteiger partial charge in [0.05, 0.1) is 12.0 Å². The lowest BCUT2D eigenvalue weighted by atomic mass is 10.1. The Morgan fingerprint density at radius 2 is 2.00 bits per heavy atom. The summed E-state index contributed by atoms with van der Waals surface area (Å²) in [6.45, 7) is 2.71. The molecule has 2 aromatic heterocycles. The van der Waals surface area contributed by atoms with Crippen LogP contribution in [0.4, 0.5) is 0 Å². The van der Waals surface area contributed by atoms with Crippen molar-refractivity contribution >= 4 is 5.84 Å². The van der Waals surface area contributed by atoms with Crippen LogP contribution in [0.1, 0.15) is 35.4 Å². The van der Waals surface area contributed by atoms with Gasteiger partial charge >= 0.3 is 0 Å². The van der Waals surface area contributed by atoms with Crippen molar-refractivity contribution < 1.29 is 0 Å². The van der Waals surface area contributed by atoms with E-state index < -0.39 is 0 Å². The van der Waals surface area contributed by atoms with E-state index in [1.165, 1.54) is 24.0 Å². The number of aromatic nitrogens is 3. The maximum Gasteiger partial charge on any atom is 0.152 e. The summed E-state index contributed by atoms with van der Waals surface area (Å²) in [5.74, 6) is 6.30. The lowest BCUT2D eigenvalue weighted by Crippen LogP contribution is -2.23. The summed E-state index contributed by atoms with van der Waals surface area (Å²) in [6.07, 6.45) is 8.21. The molecule has 1 saturated carbocycles. The Morgan fingerprint density at radius 1 is 1.20 bits per heavy atom. The van der Waals surface area contributed by atoms with E-state index in [1.54, 1.807) is 12.3 Å². The normalized spacial score (nSPS) is 14.3. The Balaban J connectivity index is 1.33. The van der Waals surface area contributed by atoms with E-state index in [2.05, 4.69) is 61.4 Å². The number of hydrogen-bond donors (Lipinski definition) is 3. The number of amidine groups is 1. The van der Waals surface area contributed by atoms with Crippen molar-refractivity contribution in [1.29, 1.82) is 0 Å². The minimum atomic E-state index is 0.298. The Morgan fingerprint density at radius 3 is 2.73 bits per heavy atom. The van der Waals surface area contributed by atoms with Crippen molar-refractivity contribution in [3.8, 4) is 11.4 Å². The highest BCUT2D eigenvalue weighted by molar-refractivity contribution is 5.97. The molecule has 0 amide bonds. The summed E-state index contributed by atoms with van der Waals surface area (Å²) in [5, 5.41) is 3.80. The third-order valence-electron chi connectivity index (χ3n) is 5.36. The van der Waals surface area contributed by atoms with Gasteiger partial charge in [-0.1, -0.05) is 24.3 Å². The van der Waals surface area contributed by atoms with Gasteiger partial charge in [0.1, 0.15) is 5.69 Å². The van der Waals surface area contributed by atoms with Gasteiger partial charge in [0.2, 0.25) is 0 Å². The molecule has 0 unspecified atom stereocenters. The van der Waals surface area contributed by atoms with Crippen LogP contribution >= 0.6 is 0 Å². The Kier molecular flexibility index (Phi) is 6.06. The second kappa shape index (κ2) is 9.06. The molecule has 0 atom stereocenters. The third kappa shape index (κ3) is 5.03. The van der Waals surface area contributed by atoms with Crippen LogP contribution in [-0.4, -0.2) is 38.9 Å². The van der Waals surface area contributed by atoms with Crippen molar-refractivity contribution in [2.24, 2.45) is 16.7 Å². The number of nitrogens with two attached hydrogens (primary N) is 2. The van der Waals surface area contributed by atoms with Crippen molar-refractivity contribution in [2.75, 3.05) is 13.6 Å². The predicted molar refractivity (Wildman–Crippen MR) is 118 cm³/mol. The summed E-state index contributed by atoms with van der Waals surface area (Å²) < 4.78 is 2.08. The summed E-state index contributed by atoms with van der Waals surface area (Å²) in [4.78, 5) is 11.2. The minimum absolute atomic E-state index is 0.298. The first-order chi connectivity index (χ1) is 14.6. The average molecular weight is 405 g/mol. The fourth-order valence-electron chi connectivity index (χ4n) is 3.47. The van der Waals surface area contributed by atoms with Gasteiger partial charge in [-0.15, -0.1) is 5.10 Å². The third-order valence-corrected chi connectivity index (χ3v) is 5.36. The van der Waals surface area contributed by atoms with Gasteiger partial charge in [0.25, 0.3) is 0 Å². The monoisotopic (exact) mass is 404 g/mol. The van der Waals surface area contributed by atoms with E-state index in [-0.39, 0.29) is 0 Å². The van der Waals surface area contributed by atoms with Crippen LogP contribution in [-0.2, 0) is 13.1 Å². The van der Waals surface area contributed by atoms with Crippen molar-refractivity contribution in [3.63, 3.8) is 0 Å². The second-order valence-electron chi connectivity index (χ2n) is 7.81. The quantitative estimate of drug-likeness (QED) is 0.218. The molecule has 0 bridgehead atoms. The summed E-state index contributed by atoms with van der Waals surface area (Å²) in [7, 11) is 2.14. The molecule has 30 heavy (non-hydrogen) atoms. The van der Waals surface area contributed by atoms with Crippen LogP contribution in [0.15, 0.2) is 60.2 Å². The molecule has 1 fully saturated rings. The van der Waals surface area contributed by atoms with Gasteiger partial charge < -0.3 is 15.2 Å². The molecule has 8 heteroatoms. The SMILES string of the molecule is CN(CCn1cnc(-c2cc(/C(N)=N/NN)ccn2)c1)Cc1ccc(C2CC2)cc1. The molecule has 0 radical (unpaired) electrons. The zero-order valence-electron chi connectivity index (χ0n) is 17.2. The Labute approximate surface area is 176 Å². The number of benzene rings is 1.